The molecule has 3 rings (SSSR count). The maximum Gasteiger partial charge on any atom is 0.260 e. The van der Waals surface area contributed by atoms with Crippen LogP contribution < -0.4 is 10.2 Å². The van der Waals surface area contributed by atoms with Crippen LogP contribution >= 0.6 is 0 Å². The van der Waals surface area contributed by atoms with Gasteiger partial charge in [0.15, 0.2) is 0 Å². The molecular weight excluding hydrogens is 254 g/mol. The Hall–Kier alpha value is -2.30. The molecule has 1 aromatic heterocycles. The van der Waals surface area contributed by atoms with Gasteiger partial charge in [-0.05, 0) is 44.0 Å². The van der Waals surface area contributed by atoms with E-state index in [1.807, 2.05) is 24.3 Å². The molecule has 0 spiro atoms. The molecule has 1 amide bonds. The molecule has 1 fully saturated rings. The highest BCUT2D eigenvalue weighted by molar-refractivity contribution is 6.04. The average Bonchev–Trinajstić information content (AvgIpc) is 3.10. The molecule has 20 heavy (non-hydrogen) atoms. The minimum atomic E-state index is -0.197. The van der Waals surface area contributed by atoms with E-state index in [1.54, 1.807) is 6.92 Å². The number of hydrogen-bond donors (Lipinski definition) is 1. The van der Waals surface area contributed by atoms with Crippen molar-refractivity contribution in [2.24, 2.45) is 0 Å². The van der Waals surface area contributed by atoms with Crippen LogP contribution in [0.25, 0.3) is 0 Å². The molecule has 1 aliphatic rings. The molecule has 1 N–H and O–H groups in total. The number of carbonyl (C=O) groups excluding carboxylic acids is 1. The second-order valence-electron chi connectivity index (χ2n) is 4.99. The fourth-order valence-electron chi connectivity index (χ4n) is 2.45. The lowest BCUT2D eigenvalue weighted by molar-refractivity contribution is 0.102. The number of benzene rings is 1. The topological polar surface area (TPSA) is 58.4 Å². The monoisotopic (exact) mass is 271 g/mol. The zero-order valence-electron chi connectivity index (χ0n) is 11.4. The molecule has 1 saturated heterocycles. The third kappa shape index (κ3) is 2.52. The maximum atomic E-state index is 12.0. The van der Waals surface area contributed by atoms with Crippen LogP contribution in [0.4, 0.5) is 11.4 Å². The Kier molecular flexibility index (Phi) is 3.41. The molecule has 5 heteroatoms. The van der Waals surface area contributed by atoms with Crippen molar-refractivity contribution in [3.8, 4) is 0 Å². The van der Waals surface area contributed by atoms with Crippen molar-refractivity contribution in [2.75, 3.05) is 23.3 Å². The number of hydrogen-bond acceptors (Lipinski definition) is 4. The SMILES string of the molecule is Cc1oncc1C(=O)Nc1ccc(N2CCCC2)cc1. The van der Waals surface area contributed by atoms with Crippen LogP contribution in [0.3, 0.4) is 0 Å². The summed E-state index contributed by atoms with van der Waals surface area (Å²) >= 11 is 0. The lowest BCUT2D eigenvalue weighted by Gasteiger charge is -2.17. The van der Waals surface area contributed by atoms with Crippen molar-refractivity contribution < 1.29 is 9.32 Å². The minimum absolute atomic E-state index is 0.197. The third-order valence-electron chi connectivity index (χ3n) is 3.59. The highest BCUT2D eigenvalue weighted by Gasteiger charge is 2.14. The molecule has 1 aromatic carbocycles. The fourth-order valence-corrected chi connectivity index (χ4v) is 2.45. The largest absolute Gasteiger partial charge is 0.372 e. The number of rotatable bonds is 3. The molecular formula is C15H17N3O2. The van der Waals surface area contributed by atoms with E-state index in [9.17, 15) is 4.79 Å². The van der Waals surface area contributed by atoms with E-state index >= 15 is 0 Å². The summed E-state index contributed by atoms with van der Waals surface area (Å²) < 4.78 is 4.89. The number of amides is 1. The maximum absolute atomic E-state index is 12.0. The molecule has 2 aromatic rings. The third-order valence-corrected chi connectivity index (χ3v) is 3.59. The lowest BCUT2D eigenvalue weighted by Crippen LogP contribution is -2.17. The molecule has 0 unspecified atom stereocenters. The van der Waals surface area contributed by atoms with E-state index in [0.717, 1.165) is 18.8 Å². The fraction of sp³-hybridized carbons (Fsp3) is 0.333. The van der Waals surface area contributed by atoms with Crippen molar-refractivity contribution in [1.82, 2.24) is 5.16 Å². The Morgan fingerprint density at radius 1 is 1.25 bits per heavy atom. The molecule has 0 atom stereocenters. The molecule has 0 saturated carbocycles. The molecule has 5 nitrogen and oxygen atoms in total. The number of nitrogens with one attached hydrogen (secondary N) is 1. The van der Waals surface area contributed by atoms with Crippen LogP contribution in [0, 0.1) is 6.92 Å². The number of aromatic nitrogens is 1. The van der Waals surface area contributed by atoms with E-state index < -0.39 is 0 Å². The van der Waals surface area contributed by atoms with Crippen molar-refractivity contribution in [3.63, 3.8) is 0 Å². The van der Waals surface area contributed by atoms with E-state index in [4.69, 9.17) is 4.52 Å². The molecule has 104 valence electrons. The van der Waals surface area contributed by atoms with Gasteiger partial charge in [-0.25, -0.2) is 0 Å². The molecule has 0 aliphatic carbocycles. The summed E-state index contributed by atoms with van der Waals surface area (Å²) in [5, 5.41) is 6.45. The number of anilines is 2. The van der Waals surface area contributed by atoms with Crippen LogP contribution in [-0.2, 0) is 0 Å². The highest BCUT2D eigenvalue weighted by Crippen LogP contribution is 2.22. The number of aryl methyl sites for hydroxylation is 1. The van der Waals surface area contributed by atoms with Crippen molar-refractivity contribution in [1.29, 1.82) is 0 Å². The molecule has 1 aliphatic heterocycles. The van der Waals surface area contributed by atoms with Crippen LogP contribution in [0.1, 0.15) is 29.0 Å². The first kappa shape index (κ1) is 12.7. The highest BCUT2D eigenvalue weighted by atomic mass is 16.5. The van der Waals surface area contributed by atoms with Crippen LogP contribution in [-0.4, -0.2) is 24.2 Å². The van der Waals surface area contributed by atoms with Crippen molar-refractivity contribution >= 4 is 17.3 Å². The first-order chi connectivity index (χ1) is 9.74. The Labute approximate surface area is 117 Å². The first-order valence-corrected chi connectivity index (χ1v) is 6.82. The minimum Gasteiger partial charge on any atom is -0.372 e. The van der Waals surface area contributed by atoms with E-state index in [-0.39, 0.29) is 5.91 Å². The molecule has 0 bridgehead atoms. The summed E-state index contributed by atoms with van der Waals surface area (Å²) in [6.07, 6.45) is 3.94. The van der Waals surface area contributed by atoms with Gasteiger partial charge < -0.3 is 14.7 Å². The van der Waals surface area contributed by atoms with Gasteiger partial charge in [-0.15, -0.1) is 0 Å². The van der Waals surface area contributed by atoms with Crippen LogP contribution in [0.15, 0.2) is 35.0 Å². The normalized spacial score (nSPS) is 14.6. The standard InChI is InChI=1S/C15H17N3O2/c1-11-14(10-16-20-11)15(19)17-12-4-6-13(7-5-12)18-8-2-3-9-18/h4-7,10H,2-3,8-9H2,1H3,(H,17,19). The van der Waals surface area contributed by atoms with Gasteiger partial charge >= 0.3 is 0 Å². The predicted octanol–water partition coefficient (Wildman–Crippen LogP) is 2.84. The smallest absolute Gasteiger partial charge is 0.260 e. The summed E-state index contributed by atoms with van der Waals surface area (Å²) in [5.74, 6) is 0.328. The summed E-state index contributed by atoms with van der Waals surface area (Å²) in [6, 6.07) is 7.94. The van der Waals surface area contributed by atoms with Gasteiger partial charge in [0.05, 0.1) is 6.20 Å². The van der Waals surface area contributed by atoms with Crippen molar-refractivity contribution in [2.45, 2.75) is 19.8 Å². The van der Waals surface area contributed by atoms with Crippen LogP contribution in [0.5, 0.6) is 0 Å². The quantitative estimate of drug-likeness (QED) is 0.932. The Bertz CT molecular complexity index is 598. The summed E-state index contributed by atoms with van der Waals surface area (Å²) in [4.78, 5) is 14.4. The second-order valence-corrected chi connectivity index (χ2v) is 4.99. The van der Waals surface area contributed by atoms with Gasteiger partial charge in [-0.3, -0.25) is 4.79 Å². The summed E-state index contributed by atoms with van der Waals surface area (Å²) in [6.45, 7) is 3.95. The summed E-state index contributed by atoms with van der Waals surface area (Å²) in [5.41, 5.74) is 2.45. The van der Waals surface area contributed by atoms with E-state index in [0.29, 0.717) is 11.3 Å². The van der Waals surface area contributed by atoms with Gasteiger partial charge in [0.1, 0.15) is 11.3 Å². The van der Waals surface area contributed by atoms with Gasteiger partial charge in [-0.2, -0.15) is 0 Å². The lowest BCUT2D eigenvalue weighted by atomic mass is 10.2. The average molecular weight is 271 g/mol. The van der Waals surface area contributed by atoms with Crippen molar-refractivity contribution in [3.05, 3.63) is 41.8 Å². The van der Waals surface area contributed by atoms with Gasteiger partial charge in [0.2, 0.25) is 0 Å². The van der Waals surface area contributed by atoms with E-state index in [1.165, 1.54) is 24.7 Å². The molecule has 2 heterocycles. The zero-order chi connectivity index (χ0) is 13.9. The number of nitrogens with zero attached hydrogens (tertiary/aromatic N) is 2. The number of carbonyl (C=O) groups is 1. The zero-order valence-corrected chi connectivity index (χ0v) is 11.4. The van der Waals surface area contributed by atoms with Gasteiger partial charge in [0, 0.05) is 24.5 Å². The Morgan fingerprint density at radius 2 is 1.95 bits per heavy atom. The van der Waals surface area contributed by atoms with E-state index in [2.05, 4.69) is 15.4 Å². The Balaban J connectivity index is 1.69. The Morgan fingerprint density at radius 3 is 2.55 bits per heavy atom. The summed E-state index contributed by atoms with van der Waals surface area (Å²) in [7, 11) is 0. The first-order valence-electron chi connectivity index (χ1n) is 6.82. The van der Waals surface area contributed by atoms with Crippen LogP contribution in [0.2, 0.25) is 0 Å². The molecule has 0 radical (unpaired) electrons. The van der Waals surface area contributed by atoms with Gasteiger partial charge in [0.25, 0.3) is 5.91 Å². The predicted molar refractivity (Wildman–Crippen MR) is 77.1 cm³/mol. The van der Waals surface area contributed by atoms with Gasteiger partial charge in [-0.1, -0.05) is 5.16 Å². The second kappa shape index (κ2) is 5.36.